The molecule has 2 rings (SSSR count). The van der Waals surface area contributed by atoms with E-state index < -0.39 is 4.92 Å². The Morgan fingerprint density at radius 1 is 1.24 bits per heavy atom. The molecular weight excluding hydrogens is 338 g/mol. The number of ether oxygens (including phenoxy) is 1. The highest BCUT2D eigenvalue weighted by Gasteiger charge is 2.18. The SMILES string of the molecule is CC(=O)c1cc(OCc2ccc(Br)cc2)ccc1[N+](=O)[O-]. The monoisotopic (exact) mass is 349 g/mol. The minimum absolute atomic E-state index is 0.0494. The van der Waals surface area contributed by atoms with Crippen LogP contribution >= 0.6 is 15.9 Å². The summed E-state index contributed by atoms with van der Waals surface area (Å²) in [7, 11) is 0. The van der Waals surface area contributed by atoms with E-state index in [-0.39, 0.29) is 17.0 Å². The molecule has 0 radical (unpaired) electrons. The number of nitro benzene ring substituents is 1. The minimum atomic E-state index is -0.574. The van der Waals surface area contributed by atoms with E-state index in [0.717, 1.165) is 10.0 Å². The van der Waals surface area contributed by atoms with Gasteiger partial charge in [0, 0.05) is 10.5 Å². The van der Waals surface area contributed by atoms with Gasteiger partial charge in [0.15, 0.2) is 5.78 Å². The molecule has 0 atom stereocenters. The van der Waals surface area contributed by atoms with Crippen LogP contribution in [0.4, 0.5) is 5.69 Å². The molecule has 0 unspecified atom stereocenters. The molecular formula is C15H12BrNO4. The van der Waals surface area contributed by atoms with Crippen LogP contribution in [0, 0.1) is 10.1 Å². The lowest BCUT2D eigenvalue weighted by molar-refractivity contribution is -0.385. The lowest BCUT2D eigenvalue weighted by Gasteiger charge is -2.08. The van der Waals surface area contributed by atoms with E-state index >= 15 is 0 Å². The molecule has 2 aromatic carbocycles. The molecule has 0 aliphatic heterocycles. The Balaban J connectivity index is 2.17. The maximum atomic E-state index is 11.5. The number of Topliss-reactive ketones (excluding diaryl/α,β-unsaturated/α-hetero) is 1. The van der Waals surface area contributed by atoms with Crippen LogP contribution < -0.4 is 4.74 Å². The number of nitro groups is 1. The van der Waals surface area contributed by atoms with E-state index in [1.54, 1.807) is 0 Å². The van der Waals surface area contributed by atoms with Crippen molar-refractivity contribution in [1.29, 1.82) is 0 Å². The minimum Gasteiger partial charge on any atom is -0.489 e. The molecule has 21 heavy (non-hydrogen) atoms. The second kappa shape index (κ2) is 6.49. The van der Waals surface area contributed by atoms with E-state index in [1.165, 1.54) is 25.1 Å². The van der Waals surface area contributed by atoms with Gasteiger partial charge in [0.05, 0.1) is 10.5 Å². The predicted molar refractivity (Wildman–Crippen MR) is 81.6 cm³/mol. The first-order chi connectivity index (χ1) is 9.97. The van der Waals surface area contributed by atoms with Gasteiger partial charge in [-0.05, 0) is 36.8 Å². The molecule has 5 nitrogen and oxygen atoms in total. The van der Waals surface area contributed by atoms with Gasteiger partial charge in [0.25, 0.3) is 5.69 Å². The van der Waals surface area contributed by atoms with Crippen LogP contribution in [-0.4, -0.2) is 10.7 Å². The van der Waals surface area contributed by atoms with Crippen molar-refractivity contribution in [2.75, 3.05) is 0 Å². The molecule has 2 aromatic rings. The van der Waals surface area contributed by atoms with Crippen molar-refractivity contribution in [2.24, 2.45) is 0 Å². The first kappa shape index (κ1) is 15.2. The third-order valence-corrected chi connectivity index (χ3v) is 3.39. The Labute approximate surface area is 129 Å². The first-order valence-corrected chi connectivity index (χ1v) is 6.93. The molecule has 108 valence electrons. The fourth-order valence-electron chi connectivity index (χ4n) is 1.79. The molecule has 0 amide bonds. The number of hydrogen-bond donors (Lipinski definition) is 0. The average Bonchev–Trinajstić information content (AvgIpc) is 2.46. The zero-order chi connectivity index (χ0) is 15.4. The largest absolute Gasteiger partial charge is 0.489 e. The maximum Gasteiger partial charge on any atom is 0.280 e. The van der Waals surface area contributed by atoms with Crippen molar-refractivity contribution in [1.82, 2.24) is 0 Å². The quantitative estimate of drug-likeness (QED) is 0.462. The second-order valence-electron chi connectivity index (χ2n) is 4.41. The van der Waals surface area contributed by atoms with Gasteiger partial charge in [0.2, 0.25) is 0 Å². The number of carbonyl (C=O) groups excluding carboxylic acids is 1. The summed E-state index contributed by atoms with van der Waals surface area (Å²) in [5.74, 6) is 0.0597. The van der Waals surface area contributed by atoms with Crippen LogP contribution in [0.2, 0.25) is 0 Å². The summed E-state index contributed by atoms with van der Waals surface area (Å²) in [6, 6.07) is 11.8. The van der Waals surface area contributed by atoms with Crippen molar-refractivity contribution in [2.45, 2.75) is 13.5 Å². The molecule has 0 saturated heterocycles. The summed E-state index contributed by atoms with van der Waals surface area (Å²) in [4.78, 5) is 21.8. The van der Waals surface area contributed by atoms with Gasteiger partial charge in [-0.15, -0.1) is 0 Å². The normalized spacial score (nSPS) is 10.2. The molecule has 0 aliphatic rings. The van der Waals surface area contributed by atoms with Crippen LogP contribution in [0.1, 0.15) is 22.8 Å². The summed E-state index contributed by atoms with van der Waals surface area (Å²) in [5, 5.41) is 10.9. The van der Waals surface area contributed by atoms with Crippen LogP contribution in [0.15, 0.2) is 46.9 Å². The first-order valence-electron chi connectivity index (χ1n) is 6.14. The van der Waals surface area contributed by atoms with Crippen LogP contribution in [0.25, 0.3) is 0 Å². The van der Waals surface area contributed by atoms with Gasteiger partial charge in [-0.1, -0.05) is 28.1 Å². The zero-order valence-electron chi connectivity index (χ0n) is 11.2. The van der Waals surface area contributed by atoms with Gasteiger partial charge in [-0.25, -0.2) is 0 Å². The molecule has 0 spiro atoms. The fraction of sp³-hybridized carbons (Fsp3) is 0.133. The van der Waals surface area contributed by atoms with Gasteiger partial charge in [0.1, 0.15) is 12.4 Å². The summed E-state index contributed by atoms with van der Waals surface area (Å²) >= 11 is 3.35. The molecule has 0 heterocycles. The highest BCUT2D eigenvalue weighted by Crippen LogP contribution is 2.25. The standard InChI is InChI=1S/C15H12BrNO4/c1-10(18)14-8-13(6-7-15(14)17(19)20)21-9-11-2-4-12(16)5-3-11/h2-8H,9H2,1H3. The van der Waals surface area contributed by atoms with E-state index in [0.29, 0.717) is 12.4 Å². The third kappa shape index (κ3) is 3.88. The Morgan fingerprint density at radius 2 is 1.90 bits per heavy atom. The number of ketones is 1. The van der Waals surface area contributed by atoms with Crippen LogP contribution in [-0.2, 0) is 6.61 Å². The summed E-state index contributed by atoms with van der Waals surface area (Å²) in [5.41, 5.74) is 0.799. The summed E-state index contributed by atoms with van der Waals surface area (Å²) in [6.45, 7) is 1.61. The topological polar surface area (TPSA) is 69.4 Å². The highest BCUT2D eigenvalue weighted by atomic mass is 79.9. The van der Waals surface area contributed by atoms with Crippen molar-refractivity contribution in [3.8, 4) is 5.75 Å². The molecule has 0 aromatic heterocycles. The number of benzene rings is 2. The molecule has 0 fully saturated rings. The van der Waals surface area contributed by atoms with Crippen molar-refractivity contribution in [3.63, 3.8) is 0 Å². The number of halogens is 1. The highest BCUT2D eigenvalue weighted by molar-refractivity contribution is 9.10. The smallest absolute Gasteiger partial charge is 0.280 e. The van der Waals surface area contributed by atoms with Gasteiger partial charge in [-0.3, -0.25) is 14.9 Å². The third-order valence-electron chi connectivity index (χ3n) is 2.86. The van der Waals surface area contributed by atoms with E-state index in [4.69, 9.17) is 4.74 Å². The van der Waals surface area contributed by atoms with Gasteiger partial charge >= 0.3 is 0 Å². The van der Waals surface area contributed by atoms with Gasteiger partial charge in [-0.2, -0.15) is 0 Å². The predicted octanol–water partition coefficient (Wildman–Crippen LogP) is 4.14. The summed E-state index contributed by atoms with van der Waals surface area (Å²) < 4.78 is 6.54. The van der Waals surface area contributed by atoms with Crippen molar-refractivity contribution >= 4 is 27.4 Å². The lowest BCUT2D eigenvalue weighted by Crippen LogP contribution is -2.02. The van der Waals surface area contributed by atoms with Crippen molar-refractivity contribution in [3.05, 3.63) is 68.2 Å². The Bertz CT molecular complexity index is 683. The average molecular weight is 350 g/mol. The Kier molecular flexibility index (Phi) is 4.70. The Morgan fingerprint density at radius 3 is 2.48 bits per heavy atom. The lowest BCUT2D eigenvalue weighted by atomic mass is 10.1. The number of carbonyl (C=O) groups is 1. The summed E-state index contributed by atoms with van der Waals surface area (Å²) in [6.07, 6.45) is 0. The van der Waals surface area contributed by atoms with E-state index in [1.807, 2.05) is 24.3 Å². The van der Waals surface area contributed by atoms with Crippen molar-refractivity contribution < 1.29 is 14.5 Å². The Hall–Kier alpha value is -2.21. The van der Waals surface area contributed by atoms with E-state index in [9.17, 15) is 14.9 Å². The molecule has 6 heteroatoms. The van der Waals surface area contributed by atoms with E-state index in [2.05, 4.69) is 15.9 Å². The second-order valence-corrected chi connectivity index (χ2v) is 5.32. The van der Waals surface area contributed by atoms with Crippen LogP contribution in [0.3, 0.4) is 0 Å². The number of rotatable bonds is 5. The molecule has 0 aliphatic carbocycles. The van der Waals surface area contributed by atoms with Crippen LogP contribution in [0.5, 0.6) is 5.75 Å². The number of nitrogens with zero attached hydrogens (tertiary/aromatic N) is 1. The maximum absolute atomic E-state index is 11.5. The zero-order valence-corrected chi connectivity index (χ0v) is 12.8. The van der Waals surface area contributed by atoms with Gasteiger partial charge < -0.3 is 4.74 Å². The number of hydrogen-bond acceptors (Lipinski definition) is 4. The fourth-order valence-corrected chi connectivity index (χ4v) is 2.06. The molecule has 0 N–H and O–H groups in total. The molecule has 0 bridgehead atoms. The molecule has 0 saturated carbocycles.